The molecule has 5 heterocycles. The van der Waals surface area contributed by atoms with Crippen LogP contribution in [0.3, 0.4) is 0 Å². The van der Waals surface area contributed by atoms with E-state index in [2.05, 4.69) is 25.5 Å². The summed E-state index contributed by atoms with van der Waals surface area (Å²) in [5, 5.41) is 10.1. The standard InChI is InChI=1S/C26H27FN6O4/c1-36-22-11-16(17(27)14-29-22)19-12-20(32-31-19)25(35)33-9-4-15(13-26(33)6-7-26)24(34)30-18-5-10-37-21-3-2-8-28-23(18)21/h2-3,8,11-12,14-15,18H,4-7,9-10,13H2,1H3,(H,30,34)(H,31,32)/t15-,18?/m0/s1. The summed E-state index contributed by atoms with van der Waals surface area (Å²) < 4.78 is 25.1. The van der Waals surface area contributed by atoms with Gasteiger partial charge in [0.1, 0.15) is 17.1 Å². The Hall–Kier alpha value is -4.02. The molecule has 2 aliphatic heterocycles. The lowest BCUT2D eigenvalue weighted by Crippen LogP contribution is -2.51. The van der Waals surface area contributed by atoms with Gasteiger partial charge in [-0.2, -0.15) is 5.10 Å². The Labute approximate surface area is 212 Å². The van der Waals surface area contributed by atoms with E-state index >= 15 is 0 Å². The summed E-state index contributed by atoms with van der Waals surface area (Å²) in [7, 11) is 1.45. The number of fused-ring (bicyclic) bond motifs is 1. The molecule has 3 aliphatic rings. The summed E-state index contributed by atoms with van der Waals surface area (Å²) in [4.78, 5) is 36.8. The van der Waals surface area contributed by atoms with Crippen LogP contribution in [0.25, 0.3) is 11.3 Å². The highest BCUT2D eigenvalue weighted by Gasteiger charge is 2.54. The van der Waals surface area contributed by atoms with E-state index in [9.17, 15) is 14.0 Å². The van der Waals surface area contributed by atoms with Crippen LogP contribution in [0.15, 0.2) is 36.7 Å². The predicted octanol–water partition coefficient (Wildman–Crippen LogP) is 3.04. The molecular formula is C26H27FN6O4. The third-order valence-electron chi connectivity index (χ3n) is 7.58. The van der Waals surface area contributed by atoms with E-state index < -0.39 is 5.82 Å². The summed E-state index contributed by atoms with van der Waals surface area (Å²) in [5.41, 5.74) is 1.20. The van der Waals surface area contributed by atoms with Crippen molar-refractivity contribution < 1.29 is 23.5 Å². The number of carbonyl (C=O) groups is 2. The highest BCUT2D eigenvalue weighted by atomic mass is 19.1. The van der Waals surface area contributed by atoms with Crippen LogP contribution in [0.4, 0.5) is 4.39 Å². The zero-order chi connectivity index (χ0) is 25.6. The highest BCUT2D eigenvalue weighted by molar-refractivity contribution is 5.94. The van der Waals surface area contributed by atoms with E-state index in [1.54, 1.807) is 12.3 Å². The first-order chi connectivity index (χ1) is 18.0. The molecule has 3 aromatic heterocycles. The fraction of sp³-hybridized carbons (Fsp3) is 0.423. The van der Waals surface area contributed by atoms with Crippen molar-refractivity contribution >= 4 is 11.8 Å². The number of H-pyrrole nitrogens is 1. The number of aromatic nitrogens is 4. The van der Waals surface area contributed by atoms with Crippen molar-refractivity contribution in [1.82, 2.24) is 30.4 Å². The largest absolute Gasteiger partial charge is 0.491 e. The number of rotatable bonds is 5. The Morgan fingerprint density at radius 1 is 1.27 bits per heavy atom. The molecule has 3 aromatic rings. The van der Waals surface area contributed by atoms with Crippen molar-refractivity contribution in [3.05, 3.63) is 53.9 Å². The van der Waals surface area contributed by atoms with Crippen LogP contribution >= 0.6 is 0 Å². The van der Waals surface area contributed by atoms with Crippen LogP contribution in [0, 0.1) is 11.7 Å². The van der Waals surface area contributed by atoms with E-state index in [4.69, 9.17) is 9.47 Å². The topological polar surface area (TPSA) is 122 Å². The molecule has 37 heavy (non-hydrogen) atoms. The number of nitrogens with one attached hydrogen (secondary N) is 2. The maximum atomic E-state index is 14.3. The van der Waals surface area contributed by atoms with Crippen molar-refractivity contribution in [2.75, 3.05) is 20.3 Å². The summed E-state index contributed by atoms with van der Waals surface area (Å²) in [6, 6.07) is 6.50. The van der Waals surface area contributed by atoms with Gasteiger partial charge in [-0.15, -0.1) is 0 Å². The minimum atomic E-state index is -0.556. The number of hydrogen-bond donors (Lipinski definition) is 2. The maximum Gasteiger partial charge on any atom is 0.272 e. The molecule has 0 radical (unpaired) electrons. The Kier molecular flexibility index (Phi) is 5.77. The summed E-state index contributed by atoms with van der Waals surface area (Å²) >= 11 is 0. The molecular weight excluding hydrogens is 479 g/mol. The van der Waals surface area contributed by atoms with E-state index in [0.29, 0.717) is 43.9 Å². The van der Waals surface area contributed by atoms with E-state index in [1.165, 1.54) is 13.2 Å². The van der Waals surface area contributed by atoms with Gasteiger partial charge in [-0.1, -0.05) is 0 Å². The van der Waals surface area contributed by atoms with Crippen molar-refractivity contribution in [3.8, 4) is 22.9 Å². The first-order valence-corrected chi connectivity index (χ1v) is 12.4. The van der Waals surface area contributed by atoms with Crippen LogP contribution in [-0.4, -0.2) is 62.7 Å². The van der Waals surface area contributed by atoms with Gasteiger partial charge in [-0.25, -0.2) is 9.37 Å². The lowest BCUT2D eigenvalue weighted by atomic mass is 9.87. The molecule has 1 spiro atoms. The smallest absolute Gasteiger partial charge is 0.272 e. The summed E-state index contributed by atoms with van der Waals surface area (Å²) in [6.45, 7) is 0.994. The molecule has 2 amide bonds. The molecule has 6 rings (SSSR count). The summed E-state index contributed by atoms with van der Waals surface area (Å²) in [6.07, 6.45) is 6.31. The molecule has 11 heteroatoms. The maximum absolute atomic E-state index is 14.3. The third kappa shape index (κ3) is 4.28. The first-order valence-electron chi connectivity index (χ1n) is 12.4. The molecule has 1 saturated carbocycles. The number of pyridine rings is 2. The number of hydrogen-bond acceptors (Lipinski definition) is 7. The molecule has 1 aliphatic carbocycles. The lowest BCUT2D eigenvalue weighted by Gasteiger charge is -2.40. The van der Waals surface area contributed by atoms with Crippen LogP contribution in [-0.2, 0) is 4.79 Å². The molecule has 2 atom stereocenters. The van der Waals surface area contributed by atoms with Crippen LogP contribution in [0.2, 0.25) is 0 Å². The minimum absolute atomic E-state index is 0.00665. The van der Waals surface area contributed by atoms with Gasteiger partial charge >= 0.3 is 0 Å². The minimum Gasteiger partial charge on any atom is -0.491 e. The number of amides is 2. The van der Waals surface area contributed by atoms with Crippen molar-refractivity contribution in [2.45, 2.75) is 43.7 Å². The number of methoxy groups -OCH3 is 1. The van der Waals surface area contributed by atoms with Gasteiger partial charge in [0, 0.05) is 42.2 Å². The molecule has 0 bridgehead atoms. The second kappa shape index (κ2) is 9.13. The lowest BCUT2D eigenvalue weighted by molar-refractivity contribution is -0.128. The predicted molar refractivity (Wildman–Crippen MR) is 129 cm³/mol. The number of nitrogens with zero attached hydrogens (tertiary/aromatic N) is 4. The van der Waals surface area contributed by atoms with Crippen molar-refractivity contribution in [3.63, 3.8) is 0 Å². The van der Waals surface area contributed by atoms with Crippen molar-refractivity contribution in [2.24, 2.45) is 5.92 Å². The van der Waals surface area contributed by atoms with Crippen LogP contribution in [0.5, 0.6) is 11.6 Å². The first kappa shape index (κ1) is 23.4. The number of piperidine rings is 1. The van der Waals surface area contributed by atoms with E-state index in [0.717, 1.165) is 24.7 Å². The average molecular weight is 507 g/mol. The summed E-state index contributed by atoms with van der Waals surface area (Å²) in [5.74, 6) is 0.0232. The number of ether oxygens (including phenoxy) is 2. The van der Waals surface area contributed by atoms with Gasteiger partial charge in [-0.05, 0) is 43.9 Å². The highest BCUT2D eigenvalue weighted by Crippen LogP contribution is 2.50. The van der Waals surface area contributed by atoms with Gasteiger partial charge in [-0.3, -0.25) is 19.7 Å². The Balaban J connectivity index is 1.14. The van der Waals surface area contributed by atoms with E-state index in [-0.39, 0.29) is 46.5 Å². The van der Waals surface area contributed by atoms with Crippen LogP contribution < -0.4 is 14.8 Å². The molecule has 1 saturated heterocycles. The monoisotopic (exact) mass is 506 g/mol. The van der Waals surface area contributed by atoms with Crippen LogP contribution in [0.1, 0.15) is 54.3 Å². The molecule has 10 nitrogen and oxygen atoms in total. The number of aromatic amines is 1. The number of halogens is 1. The molecule has 0 aromatic carbocycles. The fourth-order valence-electron chi connectivity index (χ4n) is 5.43. The number of carbonyl (C=O) groups excluding carboxylic acids is 2. The average Bonchev–Trinajstić information content (AvgIpc) is 3.50. The zero-order valence-electron chi connectivity index (χ0n) is 20.4. The van der Waals surface area contributed by atoms with Gasteiger partial charge < -0.3 is 19.7 Å². The zero-order valence-corrected chi connectivity index (χ0v) is 20.4. The quantitative estimate of drug-likeness (QED) is 0.545. The normalized spacial score (nSPS) is 21.6. The van der Waals surface area contributed by atoms with Gasteiger partial charge in [0.15, 0.2) is 5.82 Å². The molecule has 1 unspecified atom stereocenters. The number of likely N-dealkylation sites (tertiary alicyclic amines) is 1. The molecule has 192 valence electrons. The van der Waals surface area contributed by atoms with E-state index in [1.807, 2.05) is 17.0 Å². The second-order valence-corrected chi connectivity index (χ2v) is 9.83. The Bertz CT molecular complexity index is 1360. The molecule has 2 N–H and O–H groups in total. The van der Waals surface area contributed by atoms with Gasteiger partial charge in [0.2, 0.25) is 11.8 Å². The molecule has 2 fully saturated rings. The third-order valence-corrected chi connectivity index (χ3v) is 7.58. The Morgan fingerprint density at radius 2 is 2.14 bits per heavy atom. The Morgan fingerprint density at radius 3 is 2.95 bits per heavy atom. The van der Waals surface area contributed by atoms with Gasteiger partial charge in [0.05, 0.1) is 31.6 Å². The second-order valence-electron chi connectivity index (χ2n) is 9.83. The van der Waals surface area contributed by atoms with Crippen molar-refractivity contribution in [1.29, 1.82) is 0 Å². The SMILES string of the molecule is COc1cc(-c2cc(C(=O)N3CC[C@H](C(=O)NC4CCOc5cccnc54)CC34CC4)[nH]n2)c(F)cn1. The fourth-order valence-corrected chi connectivity index (χ4v) is 5.43. The van der Waals surface area contributed by atoms with Gasteiger partial charge in [0.25, 0.3) is 5.91 Å².